The van der Waals surface area contributed by atoms with Crippen molar-refractivity contribution in [2.24, 2.45) is 0 Å². The molecule has 2 aliphatic rings. The highest BCUT2D eigenvalue weighted by Crippen LogP contribution is 2.28. The first-order valence-electron chi connectivity index (χ1n) is 6.65. The lowest BCUT2D eigenvalue weighted by molar-refractivity contribution is -0.121. The number of rotatable bonds is 0. The molecule has 2 atom stereocenters. The average Bonchev–Trinajstić information content (AvgIpc) is 2.31. The van der Waals surface area contributed by atoms with Crippen molar-refractivity contribution in [2.45, 2.75) is 64.1 Å². The van der Waals surface area contributed by atoms with Gasteiger partial charge in [0.1, 0.15) is 5.60 Å². The zero-order chi connectivity index (χ0) is 13.3. The van der Waals surface area contributed by atoms with Crippen LogP contribution in [0.4, 0.5) is 4.79 Å². The Morgan fingerprint density at radius 3 is 2.67 bits per heavy atom. The number of fused-ring (bicyclic) bond motifs is 2. The number of hydrogen-bond acceptors (Lipinski definition) is 3. The molecule has 2 aliphatic heterocycles. The summed E-state index contributed by atoms with van der Waals surface area (Å²) in [5.41, 5.74) is -0.491. The van der Waals surface area contributed by atoms with Gasteiger partial charge < -0.3 is 10.1 Å². The second-order valence-electron chi connectivity index (χ2n) is 6.13. The van der Waals surface area contributed by atoms with Gasteiger partial charge in [-0.3, -0.25) is 9.69 Å². The fraction of sp³-hybridized carbons (Fsp3) is 0.846. The van der Waals surface area contributed by atoms with Gasteiger partial charge in [0.25, 0.3) is 0 Å². The zero-order valence-electron chi connectivity index (χ0n) is 11.4. The predicted molar refractivity (Wildman–Crippen MR) is 67.1 cm³/mol. The lowest BCUT2D eigenvalue weighted by Gasteiger charge is -2.40. The SMILES string of the molecule is CC(C)(C)OC(=O)N1C2CCCC1CC(=O)NC2. The third-order valence-electron chi connectivity index (χ3n) is 3.42. The third-order valence-corrected chi connectivity index (χ3v) is 3.42. The molecular weight excluding hydrogens is 232 g/mol. The maximum Gasteiger partial charge on any atom is 0.410 e. The van der Waals surface area contributed by atoms with Gasteiger partial charge in [0.05, 0.1) is 6.04 Å². The van der Waals surface area contributed by atoms with Crippen molar-refractivity contribution in [3.8, 4) is 0 Å². The zero-order valence-corrected chi connectivity index (χ0v) is 11.4. The average molecular weight is 254 g/mol. The van der Waals surface area contributed by atoms with Crippen molar-refractivity contribution in [3.05, 3.63) is 0 Å². The number of carbonyl (C=O) groups excluding carboxylic acids is 2. The molecule has 2 heterocycles. The van der Waals surface area contributed by atoms with Crippen LogP contribution in [0, 0.1) is 0 Å². The molecule has 0 saturated carbocycles. The smallest absolute Gasteiger partial charge is 0.410 e. The number of ether oxygens (including phenoxy) is 1. The van der Waals surface area contributed by atoms with Gasteiger partial charge in [-0.15, -0.1) is 0 Å². The van der Waals surface area contributed by atoms with Crippen LogP contribution < -0.4 is 5.32 Å². The van der Waals surface area contributed by atoms with E-state index in [9.17, 15) is 9.59 Å². The minimum atomic E-state index is -0.491. The summed E-state index contributed by atoms with van der Waals surface area (Å²) < 4.78 is 5.45. The summed E-state index contributed by atoms with van der Waals surface area (Å²) in [6, 6.07) is 0.0890. The van der Waals surface area contributed by atoms with Crippen LogP contribution in [0.15, 0.2) is 0 Å². The normalized spacial score (nSPS) is 28.4. The molecule has 2 amide bonds. The van der Waals surface area contributed by atoms with Gasteiger partial charge in [-0.05, 0) is 40.0 Å². The molecule has 0 spiro atoms. The van der Waals surface area contributed by atoms with Crippen LogP contribution in [0.1, 0.15) is 46.5 Å². The molecule has 18 heavy (non-hydrogen) atoms. The molecule has 2 saturated heterocycles. The molecular formula is C13H22N2O3. The standard InChI is InChI=1S/C13H22N2O3/c1-13(2,3)18-12(17)15-9-5-4-6-10(15)8-14-11(16)7-9/h9-10H,4-8H2,1-3H3,(H,14,16). The molecule has 0 aromatic heterocycles. The number of piperidine rings is 1. The maximum atomic E-state index is 12.3. The highest BCUT2D eigenvalue weighted by atomic mass is 16.6. The van der Waals surface area contributed by atoms with Gasteiger partial charge in [0, 0.05) is 19.0 Å². The summed E-state index contributed by atoms with van der Waals surface area (Å²) in [4.78, 5) is 25.6. The second kappa shape index (κ2) is 4.78. The van der Waals surface area contributed by atoms with E-state index in [1.165, 1.54) is 0 Å². The van der Waals surface area contributed by atoms with Crippen molar-refractivity contribution in [1.82, 2.24) is 10.2 Å². The summed E-state index contributed by atoms with van der Waals surface area (Å²) in [5, 5.41) is 2.88. The number of nitrogens with one attached hydrogen (secondary N) is 1. The van der Waals surface area contributed by atoms with E-state index in [0.717, 1.165) is 19.3 Å². The quantitative estimate of drug-likeness (QED) is 0.715. The van der Waals surface area contributed by atoms with Gasteiger partial charge in [0.15, 0.2) is 0 Å². The first-order valence-corrected chi connectivity index (χ1v) is 6.65. The van der Waals surface area contributed by atoms with E-state index in [2.05, 4.69) is 5.32 Å². The van der Waals surface area contributed by atoms with Crippen molar-refractivity contribution in [1.29, 1.82) is 0 Å². The minimum Gasteiger partial charge on any atom is -0.444 e. The third kappa shape index (κ3) is 2.94. The van der Waals surface area contributed by atoms with E-state index in [-0.39, 0.29) is 24.1 Å². The number of amides is 2. The highest BCUT2D eigenvalue weighted by Gasteiger charge is 2.39. The molecule has 0 aromatic rings. The molecule has 5 nitrogen and oxygen atoms in total. The summed E-state index contributed by atoms with van der Waals surface area (Å²) in [6.45, 7) is 6.14. The monoisotopic (exact) mass is 254 g/mol. The summed E-state index contributed by atoms with van der Waals surface area (Å²) in [5.74, 6) is 0.0398. The fourth-order valence-electron chi connectivity index (χ4n) is 2.70. The van der Waals surface area contributed by atoms with Crippen LogP contribution in [0.5, 0.6) is 0 Å². The topological polar surface area (TPSA) is 58.6 Å². The molecule has 0 aliphatic carbocycles. The molecule has 5 heteroatoms. The molecule has 102 valence electrons. The van der Waals surface area contributed by atoms with Crippen LogP contribution in [-0.4, -0.2) is 41.1 Å². The van der Waals surface area contributed by atoms with Crippen molar-refractivity contribution < 1.29 is 14.3 Å². The Hall–Kier alpha value is -1.26. The van der Waals surface area contributed by atoms with Gasteiger partial charge in [0.2, 0.25) is 5.91 Å². The Labute approximate surface area is 108 Å². The molecule has 1 N–H and O–H groups in total. The Kier molecular flexibility index (Phi) is 3.50. The van der Waals surface area contributed by atoms with Crippen LogP contribution in [-0.2, 0) is 9.53 Å². The van der Waals surface area contributed by atoms with Crippen LogP contribution in [0.25, 0.3) is 0 Å². The molecule has 2 fully saturated rings. The van der Waals surface area contributed by atoms with Crippen molar-refractivity contribution in [2.75, 3.05) is 6.54 Å². The molecule has 2 rings (SSSR count). The fourth-order valence-corrected chi connectivity index (χ4v) is 2.70. The summed E-state index contributed by atoms with van der Waals surface area (Å²) in [7, 11) is 0. The largest absolute Gasteiger partial charge is 0.444 e. The molecule has 2 unspecified atom stereocenters. The van der Waals surface area contributed by atoms with E-state index in [1.54, 1.807) is 4.90 Å². The van der Waals surface area contributed by atoms with Crippen LogP contribution in [0.3, 0.4) is 0 Å². The summed E-state index contributed by atoms with van der Waals surface area (Å²) >= 11 is 0. The Bertz CT molecular complexity index is 349. The van der Waals surface area contributed by atoms with E-state index in [1.807, 2.05) is 20.8 Å². The van der Waals surface area contributed by atoms with Crippen molar-refractivity contribution >= 4 is 12.0 Å². The van der Waals surface area contributed by atoms with Gasteiger partial charge in [-0.2, -0.15) is 0 Å². The lowest BCUT2D eigenvalue weighted by Crippen LogP contribution is -2.52. The summed E-state index contributed by atoms with van der Waals surface area (Å²) in [6.07, 6.45) is 3.02. The minimum absolute atomic E-state index is 0.00102. The second-order valence-corrected chi connectivity index (χ2v) is 6.13. The van der Waals surface area contributed by atoms with Crippen LogP contribution >= 0.6 is 0 Å². The number of nitrogens with zero attached hydrogens (tertiary/aromatic N) is 1. The first kappa shape index (κ1) is 13.2. The Morgan fingerprint density at radius 2 is 2.00 bits per heavy atom. The van der Waals surface area contributed by atoms with Gasteiger partial charge >= 0.3 is 6.09 Å². The maximum absolute atomic E-state index is 12.3. The van der Waals surface area contributed by atoms with E-state index < -0.39 is 5.60 Å². The molecule has 0 radical (unpaired) electrons. The Morgan fingerprint density at radius 1 is 1.33 bits per heavy atom. The Balaban J connectivity index is 2.14. The van der Waals surface area contributed by atoms with Gasteiger partial charge in [-0.1, -0.05) is 0 Å². The predicted octanol–water partition coefficient (Wildman–Crippen LogP) is 1.66. The highest BCUT2D eigenvalue weighted by molar-refractivity contribution is 5.79. The van der Waals surface area contributed by atoms with E-state index in [4.69, 9.17) is 4.74 Å². The van der Waals surface area contributed by atoms with Gasteiger partial charge in [-0.25, -0.2) is 4.79 Å². The van der Waals surface area contributed by atoms with E-state index >= 15 is 0 Å². The van der Waals surface area contributed by atoms with Crippen LogP contribution in [0.2, 0.25) is 0 Å². The lowest BCUT2D eigenvalue weighted by atomic mass is 9.95. The van der Waals surface area contributed by atoms with E-state index in [0.29, 0.717) is 13.0 Å². The number of carbonyl (C=O) groups is 2. The molecule has 0 aromatic carbocycles. The van der Waals surface area contributed by atoms with Crippen molar-refractivity contribution in [3.63, 3.8) is 0 Å². The first-order chi connectivity index (χ1) is 8.37. The number of hydrogen-bond donors (Lipinski definition) is 1. The molecule has 2 bridgehead atoms.